The first-order valence-corrected chi connectivity index (χ1v) is 7.05. The van der Waals surface area contributed by atoms with Gasteiger partial charge in [0.25, 0.3) is 5.69 Å². The maximum Gasteiger partial charge on any atom is 0.272 e. The van der Waals surface area contributed by atoms with Gasteiger partial charge in [0.05, 0.1) is 4.92 Å². The van der Waals surface area contributed by atoms with Crippen LogP contribution >= 0.6 is 0 Å². The largest absolute Gasteiger partial charge is 0.381 e. The fourth-order valence-electron chi connectivity index (χ4n) is 2.32. The Labute approximate surface area is 125 Å². The average Bonchev–Trinajstić information content (AvgIpc) is 2.46. The van der Waals surface area contributed by atoms with Gasteiger partial charge in [-0.15, -0.1) is 0 Å². The lowest BCUT2D eigenvalue weighted by atomic mass is 10.0. The van der Waals surface area contributed by atoms with Gasteiger partial charge in [0.15, 0.2) is 0 Å². The zero-order chi connectivity index (χ0) is 15.4. The van der Waals surface area contributed by atoms with Crippen molar-refractivity contribution in [2.45, 2.75) is 33.2 Å². The lowest BCUT2D eigenvalue weighted by molar-refractivity contribution is -0.385. The number of anilines is 1. The molecule has 0 aromatic heterocycles. The molecular formula is C17H20N2O2. The smallest absolute Gasteiger partial charge is 0.272 e. The molecule has 0 aliphatic rings. The number of hydrogen-bond donors (Lipinski definition) is 1. The van der Waals surface area contributed by atoms with Crippen molar-refractivity contribution in [3.05, 3.63) is 69.3 Å². The minimum atomic E-state index is -0.332. The van der Waals surface area contributed by atoms with Crippen molar-refractivity contribution in [2.75, 3.05) is 5.32 Å². The second-order valence-electron chi connectivity index (χ2n) is 5.47. The second kappa shape index (κ2) is 6.39. The van der Waals surface area contributed by atoms with Crippen LogP contribution in [0.5, 0.6) is 0 Å². The van der Waals surface area contributed by atoms with E-state index in [-0.39, 0.29) is 10.6 Å². The van der Waals surface area contributed by atoms with E-state index in [4.69, 9.17) is 0 Å². The molecule has 0 aliphatic carbocycles. The molecule has 0 heterocycles. The fraction of sp³-hybridized carbons (Fsp3) is 0.294. The first-order chi connectivity index (χ1) is 9.99. The van der Waals surface area contributed by atoms with Crippen molar-refractivity contribution in [3.8, 4) is 0 Å². The number of nitrogens with zero attached hydrogens (tertiary/aromatic N) is 1. The minimum absolute atomic E-state index is 0.173. The van der Waals surface area contributed by atoms with Gasteiger partial charge in [0.1, 0.15) is 0 Å². The molecule has 0 atom stereocenters. The highest BCUT2D eigenvalue weighted by Crippen LogP contribution is 2.25. The predicted octanol–water partition coefficient (Wildman–Crippen LogP) is 4.64. The Balaban J connectivity index is 2.17. The molecule has 2 aromatic carbocycles. The minimum Gasteiger partial charge on any atom is -0.381 e. The molecule has 0 spiro atoms. The highest BCUT2D eigenvalue weighted by atomic mass is 16.6. The molecule has 0 bridgehead atoms. The summed E-state index contributed by atoms with van der Waals surface area (Å²) in [5, 5.41) is 14.4. The number of aryl methyl sites for hydroxylation is 1. The molecular weight excluding hydrogens is 264 g/mol. The lowest BCUT2D eigenvalue weighted by Gasteiger charge is -2.14. The van der Waals surface area contributed by atoms with Crippen LogP contribution in [0, 0.1) is 17.0 Å². The Morgan fingerprint density at radius 2 is 1.90 bits per heavy atom. The van der Waals surface area contributed by atoms with E-state index in [1.807, 2.05) is 24.3 Å². The van der Waals surface area contributed by atoms with E-state index < -0.39 is 0 Å². The quantitative estimate of drug-likeness (QED) is 0.643. The third kappa shape index (κ3) is 3.60. The highest BCUT2D eigenvalue weighted by Gasteiger charge is 2.11. The highest BCUT2D eigenvalue weighted by molar-refractivity contribution is 5.53. The molecule has 1 N–H and O–H groups in total. The average molecular weight is 284 g/mol. The third-order valence-corrected chi connectivity index (χ3v) is 3.54. The number of hydrogen-bond acceptors (Lipinski definition) is 3. The summed E-state index contributed by atoms with van der Waals surface area (Å²) in [5.74, 6) is 0.432. The van der Waals surface area contributed by atoms with Gasteiger partial charge in [-0.05, 0) is 30.0 Å². The van der Waals surface area contributed by atoms with Crippen molar-refractivity contribution < 1.29 is 4.92 Å². The summed E-state index contributed by atoms with van der Waals surface area (Å²) in [4.78, 5) is 10.6. The Morgan fingerprint density at radius 1 is 1.19 bits per heavy atom. The predicted molar refractivity (Wildman–Crippen MR) is 85.7 cm³/mol. The van der Waals surface area contributed by atoms with Gasteiger partial charge in [0.2, 0.25) is 0 Å². The Kier molecular flexibility index (Phi) is 4.58. The maximum atomic E-state index is 11.0. The van der Waals surface area contributed by atoms with Crippen molar-refractivity contribution in [1.29, 1.82) is 0 Å². The van der Waals surface area contributed by atoms with E-state index in [9.17, 15) is 10.1 Å². The molecule has 4 heteroatoms. The summed E-state index contributed by atoms with van der Waals surface area (Å²) in [6.07, 6.45) is 0. The van der Waals surface area contributed by atoms with Gasteiger partial charge in [-0.25, -0.2) is 0 Å². The lowest BCUT2D eigenvalue weighted by Crippen LogP contribution is -2.04. The van der Waals surface area contributed by atoms with E-state index in [2.05, 4.69) is 25.2 Å². The van der Waals surface area contributed by atoms with Gasteiger partial charge in [0, 0.05) is 23.9 Å². The van der Waals surface area contributed by atoms with Crippen molar-refractivity contribution in [2.24, 2.45) is 0 Å². The molecule has 0 unspecified atom stereocenters. The normalized spacial score (nSPS) is 10.7. The van der Waals surface area contributed by atoms with Gasteiger partial charge in [-0.3, -0.25) is 10.1 Å². The molecule has 0 aliphatic heterocycles. The summed E-state index contributed by atoms with van der Waals surface area (Å²) in [7, 11) is 0. The molecule has 0 fully saturated rings. The van der Waals surface area contributed by atoms with Crippen LogP contribution in [0.4, 0.5) is 11.4 Å². The van der Waals surface area contributed by atoms with E-state index >= 15 is 0 Å². The monoisotopic (exact) mass is 284 g/mol. The summed E-state index contributed by atoms with van der Waals surface area (Å²) >= 11 is 0. The number of nitro groups is 1. The molecule has 0 saturated carbocycles. The topological polar surface area (TPSA) is 55.2 Å². The zero-order valence-electron chi connectivity index (χ0n) is 12.6. The van der Waals surface area contributed by atoms with Gasteiger partial charge >= 0.3 is 0 Å². The standard InChI is InChI=1S/C17H20N2O2/c1-12(2)15-6-4-5-7-16(15)18-11-14-9-8-13(3)17(10-14)19(20)21/h4-10,12,18H,11H2,1-3H3. The zero-order valence-corrected chi connectivity index (χ0v) is 12.6. The molecule has 110 valence electrons. The fourth-order valence-corrected chi connectivity index (χ4v) is 2.32. The maximum absolute atomic E-state index is 11.0. The van der Waals surface area contributed by atoms with Crippen molar-refractivity contribution >= 4 is 11.4 Å². The third-order valence-electron chi connectivity index (χ3n) is 3.54. The van der Waals surface area contributed by atoms with Gasteiger partial charge in [-0.2, -0.15) is 0 Å². The van der Waals surface area contributed by atoms with E-state index in [1.165, 1.54) is 5.56 Å². The first kappa shape index (κ1) is 15.0. The summed E-state index contributed by atoms with van der Waals surface area (Å²) in [6.45, 7) is 6.63. The van der Waals surface area contributed by atoms with Crippen molar-refractivity contribution in [3.63, 3.8) is 0 Å². The summed E-state index contributed by atoms with van der Waals surface area (Å²) < 4.78 is 0. The SMILES string of the molecule is Cc1ccc(CNc2ccccc2C(C)C)cc1[N+](=O)[O-]. The molecule has 0 saturated heterocycles. The van der Waals surface area contributed by atoms with E-state index in [0.29, 0.717) is 18.0 Å². The number of nitro benzene ring substituents is 1. The van der Waals surface area contributed by atoms with Gasteiger partial charge < -0.3 is 5.32 Å². The summed E-state index contributed by atoms with van der Waals surface area (Å²) in [6, 6.07) is 13.5. The van der Waals surface area contributed by atoms with Crippen LogP contribution in [0.25, 0.3) is 0 Å². The van der Waals surface area contributed by atoms with Crippen LogP contribution in [-0.4, -0.2) is 4.92 Å². The van der Waals surface area contributed by atoms with Crippen molar-refractivity contribution in [1.82, 2.24) is 0 Å². The molecule has 0 radical (unpaired) electrons. The van der Waals surface area contributed by atoms with Crippen LogP contribution in [0.3, 0.4) is 0 Å². The van der Waals surface area contributed by atoms with Crippen LogP contribution in [0.2, 0.25) is 0 Å². The Morgan fingerprint density at radius 3 is 2.57 bits per heavy atom. The number of nitrogens with one attached hydrogen (secondary N) is 1. The van der Waals surface area contributed by atoms with Crippen LogP contribution in [0.15, 0.2) is 42.5 Å². The molecule has 2 rings (SSSR count). The van der Waals surface area contributed by atoms with Crippen LogP contribution in [-0.2, 0) is 6.54 Å². The summed E-state index contributed by atoms with van der Waals surface area (Å²) in [5.41, 5.74) is 4.10. The molecule has 21 heavy (non-hydrogen) atoms. The second-order valence-corrected chi connectivity index (χ2v) is 5.47. The van der Waals surface area contributed by atoms with Crippen LogP contribution in [0.1, 0.15) is 36.5 Å². The van der Waals surface area contributed by atoms with E-state index in [0.717, 1.165) is 11.3 Å². The Bertz CT molecular complexity index is 651. The van der Waals surface area contributed by atoms with Crippen LogP contribution < -0.4 is 5.32 Å². The molecule has 0 amide bonds. The van der Waals surface area contributed by atoms with Gasteiger partial charge in [-0.1, -0.05) is 44.2 Å². The first-order valence-electron chi connectivity index (χ1n) is 7.05. The van der Waals surface area contributed by atoms with E-state index in [1.54, 1.807) is 19.1 Å². The number of rotatable bonds is 5. The number of para-hydroxylation sites is 1. The molecule has 4 nitrogen and oxygen atoms in total. The number of benzene rings is 2. The molecule has 2 aromatic rings. The Hall–Kier alpha value is -2.36.